The normalized spacial score (nSPS) is 11.3. The van der Waals surface area contributed by atoms with Crippen molar-refractivity contribution >= 4 is 28.8 Å². The summed E-state index contributed by atoms with van der Waals surface area (Å²) in [6.07, 6.45) is 0. The van der Waals surface area contributed by atoms with Crippen molar-refractivity contribution < 1.29 is 0 Å². The van der Waals surface area contributed by atoms with Crippen molar-refractivity contribution in [2.24, 2.45) is 0 Å². The summed E-state index contributed by atoms with van der Waals surface area (Å²) >= 11 is 0. The lowest BCUT2D eigenvalue weighted by atomic mass is 10.0. The first kappa shape index (κ1) is 30.1. The highest BCUT2D eigenvalue weighted by molar-refractivity contribution is 7.19. The maximum atomic E-state index is 4.99. The molecule has 0 radical (unpaired) electrons. The molecule has 0 saturated heterocycles. The molecule has 0 aliphatic heterocycles. The first-order chi connectivity index (χ1) is 24.3. The number of aromatic nitrogens is 3. The number of hydrogen-bond acceptors (Lipinski definition) is 3. The van der Waals surface area contributed by atoms with Gasteiger partial charge in [0.2, 0.25) is 0 Å². The minimum Gasteiger partial charge on any atom is -0.208 e. The zero-order valence-electron chi connectivity index (χ0n) is 26.9. The second-order valence-electron chi connectivity index (χ2n) is 12.0. The molecule has 8 rings (SSSR count). The van der Waals surface area contributed by atoms with Gasteiger partial charge in [-0.3, -0.25) is 0 Å². The highest BCUT2D eigenvalue weighted by Crippen LogP contribution is 2.28. The molecule has 49 heavy (non-hydrogen) atoms. The topological polar surface area (TPSA) is 38.7 Å². The van der Waals surface area contributed by atoms with Gasteiger partial charge in [0.15, 0.2) is 25.5 Å². The Labute approximate surface area is 288 Å². The van der Waals surface area contributed by atoms with Crippen LogP contribution in [0.3, 0.4) is 0 Å². The Morgan fingerprint density at radius 2 is 0.551 bits per heavy atom. The van der Waals surface area contributed by atoms with Gasteiger partial charge in [-0.15, -0.1) is 0 Å². The molecule has 0 spiro atoms. The number of benzene rings is 7. The molecule has 3 nitrogen and oxygen atoms in total. The largest absolute Gasteiger partial charge is 0.208 e. The van der Waals surface area contributed by atoms with E-state index < -0.39 is 8.07 Å². The van der Waals surface area contributed by atoms with Crippen LogP contribution in [0.25, 0.3) is 45.3 Å². The molecule has 1 aromatic heterocycles. The third kappa shape index (κ3) is 5.90. The molecule has 0 fully saturated rings. The molecule has 0 atom stereocenters. The summed E-state index contributed by atoms with van der Waals surface area (Å²) in [6.45, 7) is 0. The van der Waals surface area contributed by atoms with Gasteiger partial charge in [0.1, 0.15) is 0 Å². The summed E-state index contributed by atoms with van der Waals surface area (Å²) in [6, 6.07) is 71.0. The monoisotopic (exact) mass is 643 g/mol. The molecule has 0 unspecified atom stereocenters. The van der Waals surface area contributed by atoms with E-state index in [9.17, 15) is 0 Å². The van der Waals surface area contributed by atoms with Gasteiger partial charge >= 0.3 is 0 Å². The average Bonchev–Trinajstić information content (AvgIpc) is 3.20. The molecule has 0 bridgehead atoms. The van der Waals surface area contributed by atoms with E-state index in [1.54, 1.807) is 0 Å². The fourth-order valence-corrected chi connectivity index (χ4v) is 11.6. The third-order valence-corrected chi connectivity index (χ3v) is 13.8. The highest BCUT2D eigenvalue weighted by Gasteiger charge is 2.41. The first-order valence-electron chi connectivity index (χ1n) is 16.5. The maximum absolute atomic E-state index is 4.99. The molecule has 0 saturated carbocycles. The van der Waals surface area contributed by atoms with Gasteiger partial charge in [0.05, 0.1) is 0 Å². The molecule has 0 N–H and O–H groups in total. The van der Waals surface area contributed by atoms with Gasteiger partial charge in [-0.25, -0.2) is 15.0 Å². The van der Waals surface area contributed by atoms with E-state index in [1.165, 1.54) is 20.7 Å². The zero-order chi connectivity index (χ0) is 32.9. The molecule has 4 heteroatoms. The predicted octanol–water partition coefficient (Wildman–Crippen LogP) is 7.92. The minimum atomic E-state index is -2.66. The number of rotatable bonds is 8. The predicted molar refractivity (Wildman–Crippen MR) is 205 cm³/mol. The molecular formula is C45H33N3Si. The van der Waals surface area contributed by atoms with Gasteiger partial charge < -0.3 is 0 Å². The van der Waals surface area contributed by atoms with Gasteiger partial charge in [-0.2, -0.15) is 0 Å². The first-order valence-corrected chi connectivity index (χ1v) is 18.5. The molecule has 0 aliphatic rings. The van der Waals surface area contributed by atoms with E-state index >= 15 is 0 Å². The van der Waals surface area contributed by atoms with Gasteiger partial charge in [-0.1, -0.05) is 194 Å². The van der Waals surface area contributed by atoms with Crippen LogP contribution in [0.15, 0.2) is 200 Å². The number of hydrogen-bond donors (Lipinski definition) is 0. The second-order valence-corrected chi connectivity index (χ2v) is 15.9. The minimum absolute atomic E-state index is 0.646. The van der Waals surface area contributed by atoms with E-state index in [4.69, 9.17) is 15.0 Å². The average molecular weight is 644 g/mol. The van der Waals surface area contributed by atoms with E-state index in [0.29, 0.717) is 17.5 Å². The zero-order valence-corrected chi connectivity index (χ0v) is 27.9. The Morgan fingerprint density at radius 1 is 0.245 bits per heavy atom. The lowest BCUT2D eigenvalue weighted by molar-refractivity contribution is 1.07. The SMILES string of the molecule is c1ccc(-c2nc(-c3ccccc3)nc(-c3cccc(-c4cccc([Si](c5ccccc5)(c5ccccc5)c5ccccc5)c4)c3)n2)cc1. The fourth-order valence-electron chi connectivity index (χ4n) is 6.77. The van der Waals surface area contributed by atoms with Crippen LogP contribution >= 0.6 is 0 Å². The summed E-state index contributed by atoms with van der Waals surface area (Å²) < 4.78 is 0. The van der Waals surface area contributed by atoms with Crippen LogP contribution < -0.4 is 20.7 Å². The Kier molecular flexibility index (Phi) is 8.29. The standard InChI is InChI=1S/C45H33N3Si/c1-6-18-34(19-7-1)43-46-44(35-20-8-2-9-21-35)48-45(47-43)38-24-16-22-36(32-38)37-23-17-31-42(33-37)49(39-25-10-3-11-26-39,40-27-12-4-13-28-40)41-29-14-5-15-30-41/h1-33H. The lowest BCUT2D eigenvalue weighted by Crippen LogP contribution is -2.74. The summed E-state index contributed by atoms with van der Waals surface area (Å²) in [4.78, 5) is 14.9. The van der Waals surface area contributed by atoms with Crippen molar-refractivity contribution in [1.82, 2.24) is 15.0 Å². The molecular weight excluding hydrogens is 611 g/mol. The van der Waals surface area contributed by atoms with Crippen molar-refractivity contribution in [3.8, 4) is 45.3 Å². The third-order valence-electron chi connectivity index (χ3n) is 9.07. The van der Waals surface area contributed by atoms with E-state index in [-0.39, 0.29) is 0 Å². The van der Waals surface area contributed by atoms with Crippen LogP contribution in [-0.4, -0.2) is 23.0 Å². The molecule has 7 aromatic carbocycles. The van der Waals surface area contributed by atoms with Crippen molar-refractivity contribution in [2.45, 2.75) is 0 Å². The van der Waals surface area contributed by atoms with E-state index in [0.717, 1.165) is 27.8 Å². The van der Waals surface area contributed by atoms with E-state index in [2.05, 4.69) is 140 Å². The van der Waals surface area contributed by atoms with Crippen molar-refractivity contribution in [3.05, 3.63) is 200 Å². The van der Waals surface area contributed by atoms with Crippen LogP contribution in [0, 0.1) is 0 Å². The lowest BCUT2D eigenvalue weighted by Gasteiger charge is -2.34. The Bertz CT molecular complexity index is 2160. The Hall–Kier alpha value is -6.23. The summed E-state index contributed by atoms with van der Waals surface area (Å²) in [5.41, 5.74) is 5.11. The smallest absolute Gasteiger partial charge is 0.179 e. The van der Waals surface area contributed by atoms with E-state index in [1.807, 2.05) is 60.7 Å². The molecule has 232 valence electrons. The van der Waals surface area contributed by atoms with Crippen LogP contribution in [0.5, 0.6) is 0 Å². The van der Waals surface area contributed by atoms with Crippen molar-refractivity contribution in [2.75, 3.05) is 0 Å². The molecule has 0 aliphatic carbocycles. The highest BCUT2D eigenvalue weighted by atomic mass is 28.3. The molecule has 0 amide bonds. The Balaban J connectivity index is 1.29. The second kappa shape index (κ2) is 13.5. The summed E-state index contributed by atoms with van der Waals surface area (Å²) in [5.74, 6) is 1.95. The number of nitrogens with zero attached hydrogens (tertiary/aromatic N) is 3. The fraction of sp³-hybridized carbons (Fsp3) is 0. The summed E-state index contributed by atoms with van der Waals surface area (Å²) in [7, 11) is -2.66. The van der Waals surface area contributed by atoms with Gasteiger partial charge in [0, 0.05) is 16.7 Å². The van der Waals surface area contributed by atoms with Crippen LogP contribution in [0.4, 0.5) is 0 Å². The van der Waals surface area contributed by atoms with Crippen LogP contribution in [0.2, 0.25) is 0 Å². The van der Waals surface area contributed by atoms with Crippen molar-refractivity contribution in [1.29, 1.82) is 0 Å². The summed E-state index contributed by atoms with van der Waals surface area (Å²) in [5, 5.41) is 5.39. The Morgan fingerprint density at radius 3 is 1.00 bits per heavy atom. The van der Waals surface area contributed by atoms with Gasteiger partial charge in [0.25, 0.3) is 0 Å². The van der Waals surface area contributed by atoms with Crippen molar-refractivity contribution in [3.63, 3.8) is 0 Å². The van der Waals surface area contributed by atoms with Crippen LogP contribution in [-0.2, 0) is 0 Å². The quantitative estimate of drug-likeness (QED) is 0.125. The van der Waals surface area contributed by atoms with Crippen LogP contribution in [0.1, 0.15) is 0 Å². The molecule has 8 aromatic rings. The maximum Gasteiger partial charge on any atom is 0.179 e. The van der Waals surface area contributed by atoms with Gasteiger partial charge in [-0.05, 0) is 37.9 Å². The molecule has 1 heterocycles.